The van der Waals surface area contributed by atoms with Gasteiger partial charge in [-0.2, -0.15) is 5.10 Å². The standard InChI is InChI=1S/C23H32N6O3/c1-16-19(23(32)28-11-3-2-4-12-28)14-24-22(25-16)17-6-5-13-29(15-17)21(31)10-8-18-7-9-20(30)27-26-18/h14,17H,2-13,15H2,1H3,(H,27,30)/t17-/m0/s1. The average Bonchev–Trinajstić information content (AvgIpc) is 2.83. The third-order valence-electron chi connectivity index (χ3n) is 6.62. The Kier molecular flexibility index (Phi) is 7.12. The van der Waals surface area contributed by atoms with E-state index in [4.69, 9.17) is 0 Å². The van der Waals surface area contributed by atoms with Crippen LogP contribution in [0.3, 0.4) is 0 Å². The maximum Gasteiger partial charge on any atom is 0.257 e. The Morgan fingerprint density at radius 2 is 1.88 bits per heavy atom. The Labute approximate surface area is 188 Å². The molecular weight excluding hydrogens is 408 g/mol. The first-order chi connectivity index (χ1) is 15.5. The number of piperidine rings is 2. The van der Waals surface area contributed by atoms with E-state index in [1.807, 2.05) is 16.7 Å². The molecule has 32 heavy (non-hydrogen) atoms. The molecule has 0 radical (unpaired) electrons. The lowest BCUT2D eigenvalue weighted by molar-refractivity contribution is -0.132. The van der Waals surface area contributed by atoms with Crippen molar-refractivity contribution < 1.29 is 14.4 Å². The van der Waals surface area contributed by atoms with Crippen molar-refractivity contribution in [1.29, 1.82) is 0 Å². The second-order valence-electron chi connectivity index (χ2n) is 8.97. The number of aryl methyl sites for hydroxylation is 1. The number of carbonyl (C=O) groups excluding carboxylic acids is 3. The number of hydrazone groups is 1. The number of hydrogen-bond donors (Lipinski definition) is 1. The van der Waals surface area contributed by atoms with Crippen LogP contribution >= 0.6 is 0 Å². The molecule has 3 amide bonds. The van der Waals surface area contributed by atoms with Gasteiger partial charge in [-0.15, -0.1) is 0 Å². The third-order valence-corrected chi connectivity index (χ3v) is 6.62. The second kappa shape index (κ2) is 10.2. The van der Waals surface area contributed by atoms with Gasteiger partial charge in [0.25, 0.3) is 5.91 Å². The molecule has 172 valence electrons. The molecule has 0 unspecified atom stereocenters. The van der Waals surface area contributed by atoms with Crippen LogP contribution < -0.4 is 5.43 Å². The van der Waals surface area contributed by atoms with Crippen LogP contribution in [0.4, 0.5) is 0 Å². The number of aromatic nitrogens is 2. The van der Waals surface area contributed by atoms with E-state index in [-0.39, 0.29) is 23.6 Å². The summed E-state index contributed by atoms with van der Waals surface area (Å²) in [7, 11) is 0. The predicted octanol–water partition coefficient (Wildman–Crippen LogP) is 2.16. The third kappa shape index (κ3) is 5.31. The Morgan fingerprint density at radius 3 is 2.59 bits per heavy atom. The fourth-order valence-electron chi connectivity index (χ4n) is 4.67. The summed E-state index contributed by atoms with van der Waals surface area (Å²) in [6.45, 7) is 4.82. The lowest BCUT2D eigenvalue weighted by Gasteiger charge is -2.32. The van der Waals surface area contributed by atoms with E-state index in [1.165, 1.54) is 6.42 Å². The van der Waals surface area contributed by atoms with Crippen LogP contribution in [0, 0.1) is 6.92 Å². The Morgan fingerprint density at radius 1 is 1.09 bits per heavy atom. The molecular formula is C23H32N6O3. The van der Waals surface area contributed by atoms with Gasteiger partial charge >= 0.3 is 0 Å². The van der Waals surface area contributed by atoms with Crippen molar-refractivity contribution in [2.45, 2.75) is 70.6 Å². The van der Waals surface area contributed by atoms with Gasteiger partial charge in [0.2, 0.25) is 11.8 Å². The van der Waals surface area contributed by atoms with Crippen LogP contribution in [-0.2, 0) is 9.59 Å². The van der Waals surface area contributed by atoms with Crippen molar-refractivity contribution in [3.8, 4) is 0 Å². The number of amides is 3. The monoisotopic (exact) mass is 440 g/mol. The van der Waals surface area contributed by atoms with Crippen LogP contribution in [0.2, 0.25) is 0 Å². The number of carbonyl (C=O) groups is 3. The fraction of sp³-hybridized carbons (Fsp3) is 0.652. The predicted molar refractivity (Wildman–Crippen MR) is 119 cm³/mol. The van der Waals surface area contributed by atoms with E-state index in [9.17, 15) is 14.4 Å². The summed E-state index contributed by atoms with van der Waals surface area (Å²) in [5.74, 6) is 0.850. The molecule has 9 heteroatoms. The minimum Gasteiger partial charge on any atom is -0.342 e. The van der Waals surface area contributed by atoms with Crippen LogP contribution in [0.25, 0.3) is 0 Å². The average molecular weight is 441 g/mol. The maximum atomic E-state index is 12.8. The molecule has 4 heterocycles. The lowest BCUT2D eigenvalue weighted by atomic mass is 9.96. The topological polar surface area (TPSA) is 108 Å². The minimum absolute atomic E-state index is 0.0241. The first-order valence-electron chi connectivity index (χ1n) is 11.8. The largest absolute Gasteiger partial charge is 0.342 e. The van der Waals surface area contributed by atoms with Gasteiger partial charge in [0.15, 0.2) is 0 Å². The minimum atomic E-state index is -0.0714. The van der Waals surface area contributed by atoms with Gasteiger partial charge in [0, 0.05) is 56.8 Å². The van der Waals surface area contributed by atoms with E-state index < -0.39 is 0 Å². The first-order valence-corrected chi connectivity index (χ1v) is 11.8. The summed E-state index contributed by atoms with van der Waals surface area (Å²) >= 11 is 0. The molecule has 9 nitrogen and oxygen atoms in total. The zero-order chi connectivity index (χ0) is 22.5. The molecule has 1 atom stereocenters. The van der Waals surface area contributed by atoms with Crippen molar-refractivity contribution in [2.75, 3.05) is 26.2 Å². The smallest absolute Gasteiger partial charge is 0.257 e. The van der Waals surface area contributed by atoms with Gasteiger partial charge in [0.1, 0.15) is 5.82 Å². The molecule has 0 bridgehead atoms. The van der Waals surface area contributed by atoms with Gasteiger partial charge < -0.3 is 9.80 Å². The zero-order valence-corrected chi connectivity index (χ0v) is 18.8. The second-order valence-corrected chi connectivity index (χ2v) is 8.97. The van der Waals surface area contributed by atoms with Crippen LogP contribution in [0.5, 0.6) is 0 Å². The van der Waals surface area contributed by atoms with Crippen LogP contribution in [0.1, 0.15) is 85.6 Å². The highest BCUT2D eigenvalue weighted by Crippen LogP contribution is 2.26. The summed E-state index contributed by atoms with van der Waals surface area (Å²) < 4.78 is 0. The van der Waals surface area contributed by atoms with Gasteiger partial charge in [-0.05, 0) is 51.9 Å². The molecule has 4 rings (SSSR count). The molecule has 0 aliphatic carbocycles. The van der Waals surface area contributed by atoms with Gasteiger partial charge in [-0.1, -0.05) is 0 Å². The normalized spacial score (nSPS) is 21.7. The van der Waals surface area contributed by atoms with E-state index >= 15 is 0 Å². The summed E-state index contributed by atoms with van der Waals surface area (Å²) in [5.41, 5.74) is 4.65. The molecule has 0 spiro atoms. The van der Waals surface area contributed by atoms with Gasteiger partial charge in [0.05, 0.1) is 11.3 Å². The Hall–Kier alpha value is -2.84. The molecule has 0 saturated carbocycles. The number of nitrogens with one attached hydrogen (secondary N) is 1. The van der Waals surface area contributed by atoms with Gasteiger partial charge in [-0.25, -0.2) is 15.4 Å². The zero-order valence-electron chi connectivity index (χ0n) is 18.8. The van der Waals surface area contributed by atoms with Crippen LogP contribution in [-0.4, -0.2) is 69.4 Å². The van der Waals surface area contributed by atoms with E-state index in [2.05, 4.69) is 20.5 Å². The highest BCUT2D eigenvalue weighted by atomic mass is 16.2. The maximum absolute atomic E-state index is 12.8. The summed E-state index contributed by atoms with van der Waals surface area (Å²) in [4.78, 5) is 49.8. The quantitative estimate of drug-likeness (QED) is 0.755. The molecule has 2 saturated heterocycles. The highest BCUT2D eigenvalue weighted by molar-refractivity contribution is 5.95. The highest BCUT2D eigenvalue weighted by Gasteiger charge is 2.28. The van der Waals surface area contributed by atoms with Gasteiger partial charge in [-0.3, -0.25) is 14.4 Å². The number of hydrogen-bond acceptors (Lipinski definition) is 6. The summed E-state index contributed by atoms with van der Waals surface area (Å²) in [6, 6.07) is 0. The SMILES string of the molecule is Cc1nc([C@H]2CCCN(C(=O)CCC3=NNC(=O)CC3)C2)ncc1C(=O)N1CCCCC1. The molecule has 1 N–H and O–H groups in total. The van der Waals surface area contributed by atoms with E-state index in [1.54, 1.807) is 6.20 Å². The number of likely N-dealkylation sites (tertiary alicyclic amines) is 2. The fourth-order valence-corrected chi connectivity index (χ4v) is 4.67. The van der Waals surface area contributed by atoms with Crippen LogP contribution in [0.15, 0.2) is 11.3 Å². The lowest BCUT2D eigenvalue weighted by Crippen LogP contribution is -2.40. The van der Waals surface area contributed by atoms with Crippen molar-refractivity contribution >= 4 is 23.4 Å². The van der Waals surface area contributed by atoms with E-state index in [0.717, 1.165) is 56.9 Å². The van der Waals surface area contributed by atoms with Crippen molar-refractivity contribution in [2.24, 2.45) is 5.10 Å². The number of nitrogens with zero attached hydrogens (tertiary/aromatic N) is 5. The Bertz CT molecular complexity index is 909. The molecule has 3 aliphatic rings. The molecule has 1 aromatic rings. The summed E-state index contributed by atoms with van der Waals surface area (Å²) in [5, 5.41) is 4.05. The molecule has 0 aromatic carbocycles. The number of rotatable bonds is 5. The van der Waals surface area contributed by atoms with Crippen molar-refractivity contribution in [3.63, 3.8) is 0 Å². The van der Waals surface area contributed by atoms with Crippen molar-refractivity contribution in [1.82, 2.24) is 25.2 Å². The summed E-state index contributed by atoms with van der Waals surface area (Å²) in [6.07, 6.45) is 8.82. The van der Waals surface area contributed by atoms with Crippen molar-refractivity contribution in [3.05, 3.63) is 23.3 Å². The molecule has 2 fully saturated rings. The molecule has 3 aliphatic heterocycles. The Balaban J connectivity index is 1.35. The molecule has 1 aromatic heterocycles. The first kappa shape index (κ1) is 22.4. The van der Waals surface area contributed by atoms with E-state index in [0.29, 0.717) is 43.5 Å².